The minimum Gasteiger partial charge on any atom is -0.458 e. The molecule has 0 unspecified atom stereocenters. The van der Waals surface area contributed by atoms with E-state index in [1.807, 2.05) is 6.92 Å². The molecule has 4 aliphatic carbocycles. The van der Waals surface area contributed by atoms with Gasteiger partial charge in [0, 0.05) is 30.3 Å². The molecule has 0 spiro atoms. The van der Waals surface area contributed by atoms with Crippen molar-refractivity contribution in [1.29, 1.82) is 0 Å². The Kier molecular flexibility index (Phi) is 7.05. The number of aliphatic hydroxyl groups is 7. The fourth-order valence-electron chi connectivity index (χ4n) is 9.85. The summed E-state index contributed by atoms with van der Waals surface area (Å²) in [6.07, 6.45) is -6.11. The minimum atomic E-state index is -1.77. The number of ketones is 1. The average molecular weight is 583 g/mol. The van der Waals surface area contributed by atoms with Crippen molar-refractivity contribution in [2.75, 3.05) is 13.2 Å². The van der Waals surface area contributed by atoms with Crippen LogP contribution in [-0.4, -0.2) is 115 Å². The Morgan fingerprint density at radius 2 is 1.76 bits per heavy atom. The van der Waals surface area contributed by atoms with Gasteiger partial charge in [0.2, 0.25) is 0 Å². The normalized spacial score (nSPS) is 55.1. The van der Waals surface area contributed by atoms with E-state index in [1.54, 1.807) is 0 Å². The fourth-order valence-corrected chi connectivity index (χ4v) is 9.85. The second-order valence-electron chi connectivity index (χ2n) is 13.6. The smallest absolute Gasteiger partial charge is 0.331 e. The standard InChI is InChI=1S/C29H42O12/c1-13-22(34)23(35)24(36)25(40-13)41-15-8-19(32)28(12-30)21-17(3-5-27(28,37)9-15)29(38)6-4-16(14-7-20(33)39-11-14)26(29,2)10-18(21)31/h7,13,15-18,21-25,30-31,34-38H,3-6,8-12H2,1-2H3/t13-,15-,16+,17+,18+,21+,22-,23+,24+,25-,26+,27-,28+,29-/m0/s1. The first-order chi connectivity index (χ1) is 19.2. The lowest BCUT2D eigenvalue weighted by Crippen LogP contribution is -2.75. The number of hydrogen-bond acceptors (Lipinski definition) is 12. The van der Waals surface area contributed by atoms with Crippen molar-refractivity contribution in [2.24, 2.45) is 28.6 Å². The zero-order valence-corrected chi connectivity index (χ0v) is 23.4. The summed E-state index contributed by atoms with van der Waals surface area (Å²) < 4.78 is 16.6. The largest absolute Gasteiger partial charge is 0.458 e. The van der Waals surface area contributed by atoms with Crippen LogP contribution in [0.15, 0.2) is 11.6 Å². The molecule has 7 N–H and O–H groups in total. The molecular weight excluding hydrogens is 540 g/mol. The summed E-state index contributed by atoms with van der Waals surface area (Å²) in [6.45, 7) is 2.85. The van der Waals surface area contributed by atoms with E-state index in [1.165, 1.54) is 13.0 Å². The van der Waals surface area contributed by atoms with Crippen LogP contribution in [0.4, 0.5) is 0 Å². The molecule has 0 radical (unpaired) electrons. The first-order valence-electron chi connectivity index (χ1n) is 14.7. The van der Waals surface area contributed by atoms with Crippen molar-refractivity contribution in [3.8, 4) is 0 Å². The lowest BCUT2D eigenvalue weighted by molar-refractivity contribution is -0.318. The van der Waals surface area contributed by atoms with Gasteiger partial charge in [-0.25, -0.2) is 4.79 Å². The van der Waals surface area contributed by atoms with Crippen molar-refractivity contribution in [2.45, 2.75) is 113 Å². The molecule has 0 bridgehead atoms. The molecule has 2 heterocycles. The molecule has 5 fully saturated rings. The number of aliphatic hydroxyl groups excluding tert-OH is 5. The topological polar surface area (TPSA) is 203 Å². The molecule has 0 aromatic heterocycles. The summed E-state index contributed by atoms with van der Waals surface area (Å²) in [5, 5.41) is 77.6. The van der Waals surface area contributed by atoms with Gasteiger partial charge in [-0.2, -0.15) is 0 Å². The monoisotopic (exact) mass is 582 g/mol. The number of carbonyl (C=O) groups is 2. The highest BCUT2D eigenvalue weighted by Gasteiger charge is 2.75. The first kappa shape index (κ1) is 29.6. The maximum atomic E-state index is 14.0. The molecule has 2 aliphatic heterocycles. The molecule has 0 aromatic carbocycles. The minimum absolute atomic E-state index is 0.0617. The van der Waals surface area contributed by atoms with E-state index < -0.39 is 95.1 Å². The summed E-state index contributed by atoms with van der Waals surface area (Å²) in [5.41, 5.74) is -4.84. The van der Waals surface area contributed by atoms with Gasteiger partial charge in [0.15, 0.2) is 6.29 Å². The van der Waals surface area contributed by atoms with E-state index in [4.69, 9.17) is 14.2 Å². The number of rotatable bonds is 4. The third-order valence-corrected chi connectivity index (χ3v) is 11.9. The van der Waals surface area contributed by atoms with E-state index >= 15 is 0 Å². The van der Waals surface area contributed by atoms with Crippen molar-refractivity contribution in [3.63, 3.8) is 0 Å². The molecule has 12 nitrogen and oxygen atoms in total. The number of fused-ring (bicyclic) bond motifs is 5. The highest BCUT2D eigenvalue weighted by Crippen LogP contribution is 2.70. The van der Waals surface area contributed by atoms with Gasteiger partial charge in [0.05, 0.1) is 41.5 Å². The highest BCUT2D eigenvalue weighted by atomic mass is 16.7. The molecule has 0 amide bonds. The predicted octanol–water partition coefficient (Wildman–Crippen LogP) is -1.31. The van der Waals surface area contributed by atoms with Gasteiger partial charge in [-0.15, -0.1) is 0 Å². The summed E-state index contributed by atoms with van der Waals surface area (Å²) in [4.78, 5) is 25.9. The zero-order chi connectivity index (χ0) is 29.7. The summed E-state index contributed by atoms with van der Waals surface area (Å²) in [5.74, 6) is -2.63. The van der Waals surface area contributed by atoms with Gasteiger partial charge in [0.25, 0.3) is 0 Å². The second kappa shape index (κ2) is 9.76. The third-order valence-electron chi connectivity index (χ3n) is 11.9. The van der Waals surface area contributed by atoms with Crippen LogP contribution in [0.2, 0.25) is 0 Å². The second-order valence-corrected chi connectivity index (χ2v) is 13.6. The number of Topliss-reactive ketones (excluding diaryl/α,β-unsaturated/α-hetero) is 1. The van der Waals surface area contributed by atoms with Crippen LogP contribution < -0.4 is 0 Å². The Balaban J connectivity index is 1.29. The number of hydrogen-bond donors (Lipinski definition) is 7. The van der Waals surface area contributed by atoms with Crippen LogP contribution in [0, 0.1) is 28.6 Å². The van der Waals surface area contributed by atoms with Gasteiger partial charge in [-0.05, 0) is 56.4 Å². The molecule has 230 valence electrons. The van der Waals surface area contributed by atoms with Crippen LogP contribution in [0.1, 0.15) is 58.8 Å². The Labute approximate surface area is 237 Å². The summed E-state index contributed by atoms with van der Waals surface area (Å²) in [6, 6.07) is 0. The zero-order valence-electron chi connectivity index (χ0n) is 23.4. The van der Waals surface area contributed by atoms with Crippen molar-refractivity contribution in [1.82, 2.24) is 0 Å². The molecular formula is C29H42O12. The van der Waals surface area contributed by atoms with E-state index in [2.05, 4.69) is 0 Å². The van der Waals surface area contributed by atoms with Gasteiger partial charge < -0.3 is 50.0 Å². The first-order valence-corrected chi connectivity index (χ1v) is 14.7. The molecule has 12 heteroatoms. The molecule has 41 heavy (non-hydrogen) atoms. The molecule has 4 saturated carbocycles. The van der Waals surface area contributed by atoms with Crippen LogP contribution in [0.3, 0.4) is 0 Å². The number of ether oxygens (including phenoxy) is 3. The lowest BCUT2D eigenvalue weighted by atomic mass is 9.40. The quantitative estimate of drug-likeness (QED) is 0.153. The van der Waals surface area contributed by atoms with Crippen LogP contribution in [-0.2, 0) is 23.8 Å². The van der Waals surface area contributed by atoms with Crippen molar-refractivity contribution in [3.05, 3.63) is 11.6 Å². The summed E-state index contributed by atoms with van der Waals surface area (Å²) >= 11 is 0. The van der Waals surface area contributed by atoms with Crippen LogP contribution >= 0.6 is 0 Å². The Morgan fingerprint density at radius 3 is 2.41 bits per heavy atom. The molecule has 6 rings (SSSR count). The van der Waals surface area contributed by atoms with E-state index in [9.17, 15) is 45.3 Å². The maximum absolute atomic E-state index is 14.0. The van der Waals surface area contributed by atoms with E-state index in [0.29, 0.717) is 12.8 Å². The molecule has 1 saturated heterocycles. The van der Waals surface area contributed by atoms with Crippen molar-refractivity contribution < 1.29 is 59.5 Å². The van der Waals surface area contributed by atoms with Gasteiger partial charge in [-0.3, -0.25) is 4.79 Å². The number of cyclic esters (lactones) is 1. The maximum Gasteiger partial charge on any atom is 0.331 e. The van der Waals surface area contributed by atoms with E-state index in [0.717, 1.165) is 5.57 Å². The number of esters is 1. The Bertz CT molecular complexity index is 1130. The number of carbonyl (C=O) groups excluding carboxylic acids is 2. The lowest BCUT2D eigenvalue weighted by Gasteiger charge is -2.66. The average Bonchev–Trinajstić information content (AvgIpc) is 3.45. The predicted molar refractivity (Wildman–Crippen MR) is 138 cm³/mol. The Hall–Kier alpha value is -1.48. The van der Waals surface area contributed by atoms with Crippen molar-refractivity contribution >= 4 is 11.8 Å². The SMILES string of the molecule is C[C@@H]1O[C@@H](O[C@H]2CC(=O)[C@]3(CO)[C@H]4[C@H](O)C[C@]5(C)[C@@H](C6=CC(=O)OC6)CC[C@]5(O)[C@@H]4CC[C@]3(O)C2)[C@H](O)[C@H](O)[C@H]1O. The van der Waals surface area contributed by atoms with Gasteiger partial charge in [-0.1, -0.05) is 6.92 Å². The van der Waals surface area contributed by atoms with Gasteiger partial charge >= 0.3 is 5.97 Å². The van der Waals surface area contributed by atoms with Crippen LogP contribution in [0.25, 0.3) is 0 Å². The molecule has 6 aliphatic rings. The third kappa shape index (κ3) is 3.92. The fraction of sp³-hybridized carbons (Fsp3) is 0.862. The molecule has 0 aromatic rings. The van der Waals surface area contributed by atoms with Gasteiger partial charge in [0.1, 0.15) is 30.7 Å². The van der Waals surface area contributed by atoms with Crippen LogP contribution in [0.5, 0.6) is 0 Å². The molecule has 14 atom stereocenters. The summed E-state index contributed by atoms with van der Waals surface area (Å²) in [7, 11) is 0. The Morgan fingerprint density at radius 1 is 1.02 bits per heavy atom. The van der Waals surface area contributed by atoms with E-state index in [-0.39, 0.29) is 44.6 Å². The highest BCUT2D eigenvalue weighted by molar-refractivity contribution is 5.89.